The largest absolute Gasteiger partial charge is 0.481 e. The van der Waals surface area contributed by atoms with Crippen LogP contribution in [0.5, 0.6) is 5.88 Å². The van der Waals surface area contributed by atoms with Crippen LogP contribution >= 0.6 is 24.0 Å². The molecule has 26 heavy (non-hydrogen) atoms. The monoisotopic (exact) mass is 476 g/mol. The molecule has 1 aromatic heterocycles. The van der Waals surface area contributed by atoms with Crippen LogP contribution < -0.4 is 10.1 Å². The van der Waals surface area contributed by atoms with Crippen molar-refractivity contribution in [3.63, 3.8) is 0 Å². The minimum atomic E-state index is -0.0760. The second kappa shape index (κ2) is 11.9. The number of hydrogen-bond donors (Lipinski definition) is 1. The predicted molar refractivity (Wildman–Crippen MR) is 112 cm³/mol. The molecule has 1 aromatic rings. The van der Waals surface area contributed by atoms with Crippen molar-refractivity contribution in [2.45, 2.75) is 33.2 Å². The van der Waals surface area contributed by atoms with Gasteiger partial charge in [-0.2, -0.15) is 0 Å². The number of rotatable bonds is 6. The summed E-state index contributed by atoms with van der Waals surface area (Å²) in [5, 5.41) is 3.33. The summed E-state index contributed by atoms with van der Waals surface area (Å²) in [7, 11) is 1.60. The van der Waals surface area contributed by atoms with Gasteiger partial charge in [-0.15, -0.1) is 24.0 Å². The molecule has 0 unspecified atom stereocenters. The Kier molecular flexibility index (Phi) is 10.3. The van der Waals surface area contributed by atoms with E-state index in [9.17, 15) is 4.79 Å². The van der Waals surface area contributed by atoms with Gasteiger partial charge >= 0.3 is 5.97 Å². The standard InChI is InChI=1S/C18H28N4O3.HI/c1-4-19-18(21-13-14-6-9-20-16(12-14)24-3)22-10-7-15(8-11-22)17(23)25-5-2;/h6,9,12,15H,4-5,7-8,10-11,13H2,1-3H3,(H,19,21);1H. The van der Waals surface area contributed by atoms with E-state index in [4.69, 9.17) is 14.5 Å². The fourth-order valence-electron chi connectivity index (χ4n) is 2.84. The molecular weight excluding hydrogens is 447 g/mol. The lowest BCUT2D eigenvalue weighted by Crippen LogP contribution is -2.46. The van der Waals surface area contributed by atoms with Crippen molar-refractivity contribution < 1.29 is 14.3 Å². The van der Waals surface area contributed by atoms with Crippen molar-refractivity contribution >= 4 is 35.9 Å². The number of hydrogen-bond acceptors (Lipinski definition) is 5. The van der Waals surface area contributed by atoms with Gasteiger partial charge in [-0.3, -0.25) is 4.79 Å². The minimum absolute atomic E-state index is 0. The molecule has 0 aromatic carbocycles. The van der Waals surface area contributed by atoms with E-state index in [0.717, 1.165) is 44.0 Å². The van der Waals surface area contributed by atoms with Gasteiger partial charge in [-0.05, 0) is 38.3 Å². The Morgan fingerprint density at radius 2 is 2.12 bits per heavy atom. The number of pyridine rings is 1. The molecular formula is C18H29IN4O3. The number of esters is 1. The zero-order valence-corrected chi connectivity index (χ0v) is 18.1. The van der Waals surface area contributed by atoms with Crippen LogP contribution in [0.15, 0.2) is 23.3 Å². The number of methoxy groups -OCH3 is 1. The maximum Gasteiger partial charge on any atom is 0.309 e. The molecule has 2 heterocycles. The molecule has 2 rings (SSSR count). The molecule has 1 saturated heterocycles. The van der Waals surface area contributed by atoms with Crippen molar-refractivity contribution in [2.24, 2.45) is 10.9 Å². The quantitative estimate of drug-likeness (QED) is 0.294. The molecule has 1 aliphatic rings. The van der Waals surface area contributed by atoms with Crippen LogP contribution in [0.2, 0.25) is 0 Å². The van der Waals surface area contributed by atoms with E-state index < -0.39 is 0 Å². The number of halogens is 1. The van der Waals surface area contributed by atoms with Crippen LogP contribution in [-0.4, -0.2) is 55.2 Å². The van der Waals surface area contributed by atoms with Gasteiger partial charge < -0.3 is 19.7 Å². The van der Waals surface area contributed by atoms with Crippen LogP contribution in [0.25, 0.3) is 0 Å². The lowest BCUT2D eigenvalue weighted by atomic mass is 9.97. The number of nitrogens with one attached hydrogen (secondary N) is 1. The smallest absolute Gasteiger partial charge is 0.309 e. The summed E-state index contributed by atoms with van der Waals surface area (Å²) in [4.78, 5) is 22.9. The Morgan fingerprint density at radius 1 is 1.38 bits per heavy atom. The van der Waals surface area contributed by atoms with Crippen molar-refractivity contribution in [3.05, 3.63) is 23.9 Å². The van der Waals surface area contributed by atoms with Gasteiger partial charge in [0, 0.05) is 31.9 Å². The third kappa shape index (κ3) is 6.62. The van der Waals surface area contributed by atoms with E-state index in [-0.39, 0.29) is 35.9 Å². The maximum atomic E-state index is 11.9. The molecule has 1 fully saturated rings. The third-order valence-electron chi connectivity index (χ3n) is 4.17. The van der Waals surface area contributed by atoms with E-state index in [1.165, 1.54) is 0 Å². The van der Waals surface area contributed by atoms with Crippen LogP contribution in [0.3, 0.4) is 0 Å². The number of piperidine rings is 1. The highest BCUT2D eigenvalue weighted by Gasteiger charge is 2.27. The van der Waals surface area contributed by atoms with Gasteiger partial charge in [0.05, 0.1) is 26.2 Å². The summed E-state index contributed by atoms with van der Waals surface area (Å²) in [6.45, 7) is 7.30. The lowest BCUT2D eigenvalue weighted by molar-refractivity contribution is -0.149. The Bertz CT molecular complexity index is 590. The first-order valence-electron chi connectivity index (χ1n) is 8.86. The van der Waals surface area contributed by atoms with Gasteiger partial charge in [0.2, 0.25) is 5.88 Å². The fraction of sp³-hybridized carbons (Fsp3) is 0.611. The zero-order valence-electron chi connectivity index (χ0n) is 15.7. The highest BCUT2D eigenvalue weighted by Crippen LogP contribution is 2.19. The fourth-order valence-corrected chi connectivity index (χ4v) is 2.84. The van der Waals surface area contributed by atoms with Gasteiger partial charge in [-0.25, -0.2) is 9.98 Å². The van der Waals surface area contributed by atoms with E-state index in [1.807, 2.05) is 19.1 Å². The number of nitrogens with zero attached hydrogens (tertiary/aromatic N) is 3. The highest BCUT2D eigenvalue weighted by molar-refractivity contribution is 14.0. The predicted octanol–water partition coefficient (Wildman–Crippen LogP) is 2.45. The Morgan fingerprint density at radius 3 is 2.73 bits per heavy atom. The van der Waals surface area contributed by atoms with Crippen LogP contribution in [-0.2, 0) is 16.1 Å². The Balaban J connectivity index is 0.00000338. The minimum Gasteiger partial charge on any atom is -0.481 e. The van der Waals surface area contributed by atoms with E-state index in [1.54, 1.807) is 13.3 Å². The van der Waals surface area contributed by atoms with Crippen molar-refractivity contribution in [2.75, 3.05) is 33.4 Å². The van der Waals surface area contributed by atoms with Gasteiger partial charge in [0.25, 0.3) is 0 Å². The maximum absolute atomic E-state index is 11.9. The number of likely N-dealkylation sites (tertiary alicyclic amines) is 1. The second-order valence-corrected chi connectivity index (χ2v) is 5.89. The van der Waals surface area contributed by atoms with Gasteiger partial charge in [-0.1, -0.05) is 0 Å². The molecule has 8 heteroatoms. The molecule has 0 atom stereocenters. The molecule has 0 amide bonds. The molecule has 146 valence electrons. The first-order valence-corrected chi connectivity index (χ1v) is 8.86. The molecule has 7 nitrogen and oxygen atoms in total. The first-order chi connectivity index (χ1) is 12.2. The Labute approximate surface area is 172 Å². The topological polar surface area (TPSA) is 76.1 Å². The summed E-state index contributed by atoms with van der Waals surface area (Å²) >= 11 is 0. The van der Waals surface area contributed by atoms with Crippen molar-refractivity contribution in [1.29, 1.82) is 0 Å². The average molecular weight is 476 g/mol. The van der Waals surface area contributed by atoms with Crippen LogP contribution in [0.1, 0.15) is 32.3 Å². The van der Waals surface area contributed by atoms with Crippen LogP contribution in [0.4, 0.5) is 0 Å². The number of aliphatic imine (C=N–C) groups is 1. The molecule has 1 aliphatic heterocycles. The summed E-state index contributed by atoms with van der Waals surface area (Å²) < 4.78 is 10.3. The summed E-state index contributed by atoms with van der Waals surface area (Å²) in [5.74, 6) is 1.39. The summed E-state index contributed by atoms with van der Waals surface area (Å²) in [5.41, 5.74) is 1.05. The van der Waals surface area contributed by atoms with Gasteiger partial charge in [0.15, 0.2) is 5.96 Å². The summed E-state index contributed by atoms with van der Waals surface area (Å²) in [6.07, 6.45) is 3.32. The zero-order chi connectivity index (χ0) is 18.1. The van der Waals surface area contributed by atoms with Crippen molar-refractivity contribution in [3.8, 4) is 5.88 Å². The third-order valence-corrected chi connectivity index (χ3v) is 4.17. The molecule has 0 aliphatic carbocycles. The molecule has 0 radical (unpaired) electrons. The average Bonchev–Trinajstić information content (AvgIpc) is 2.65. The SMILES string of the molecule is CCNC(=NCc1ccnc(OC)c1)N1CCC(C(=O)OCC)CC1.I. The molecule has 0 saturated carbocycles. The van der Waals surface area contributed by atoms with Crippen molar-refractivity contribution in [1.82, 2.24) is 15.2 Å². The first kappa shape index (κ1) is 22.5. The molecule has 0 bridgehead atoms. The number of aromatic nitrogens is 1. The van der Waals surface area contributed by atoms with Crippen LogP contribution in [0, 0.1) is 5.92 Å². The van der Waals surface area contributed by atoms with Gasteiger partial charge in [0.1, 0.15) is 0 Å². The van der Waals surface area contributed by atoms with E-state index in [0.29, 0.717) is 19.0 Å². The number of guanidine groups is 1. The van der Waals surface area contributed by atoms with E-state index in [2.05, 4.69) is 22.1 Å². The molecule has 0 spiro atoms. The number of ether oxygens (including phenoxy) is 2. The normalized spacial score (nSPS) is 15.2. The number of carbonyl (C=O) groups is 1. The Hall–Kier alpha value is -1.58. The van der Waals surface area contributed by atoms with E-state index >= 15 is 0 Å². The molecule has 1 N–H and O–H groups in total. The number of carbonyl (C=O) groups excluding carboxylic acids is 1. The second-order valence-electron chi connectivity index (χ2n) is 5.89. The summed E-state index contributed by atoms with van der Waals surface area (Å²) in [6, 6.07) is 3.82. The lowest BCUT2D eigenvalue weighted by Gasteiger charge is -2.33. The highest BCUT2D eigenvalue weighted by atomic mass is 127.